The topological polar surface area (TPSA) is 26.0 Å². The molecule has 0 aliphatic carbocycles. The van der Waals surface area contributed by atoms with Gasteiger partial charge in [-0.2, -0.15) is 0 Å². The Morgan fingerprint density at radius 3 is 2.23 bits per heavy atom. The molecule has 5 rings (SSSR count). The van der Waals surface area contributed by atoms with Crippen LogP contribution in [0.25, 0.3) is 44.5 Å². The predicted molar refractivity (Wildman–Crippen MR) is 108 cm³/mol. The second kappa shape index (κ2) is 5.89. The minimum Gasteiger partial charge on any atom is -0.436 e. The van der Waals surface area contributed by atoms with E-state index >= 15 is 0 Å². The molecule has 0 saturated heterocycles. The molecule has 26 heavy (non-hydrogen) atoms. The van der Waals surface area contributed by atoms with Crippen LogP contribution in [0, 0.1) is 0 Å². The molecular formula is C23H14BNO. The number of benzene rings is 4. The van der Waals surface area contributed by atoms with Gasteiger partial charge >= 0.3 is 0 Å². The molecule has 0 aliphatic rings. The molecule has 0 fully saturated rings. The third kappa shape index (κ3) is 2.49. The molecule has 0 bridgehead atoms. The third-order valence-electron chi connectivity index (χ3n) is 4.64. The number of rotatable bonds is 2. The van der Waals surface area contributed by atoms with Crippen LogP contribution in [0.5, 0.6) is 0 Å². The highest BCUT2D eigenvalue weighted by molar-refractivity contribution is 6.36. The number of hydrogen-bond donors (Lipinski definition) is 0. The van der Waals surface area contributed by atoms with Gasteiger partial charge in [-0.1, -0.05) is 72.2 Å². The van der Waals surface area contributed by atoms with Gasteiger partial charge in [-0.25, -0.2) is 4.98 Å². The standard InChI is InChI=1S/C23H14BNO/c24-20-11-10-18(12-19(20)15-6-2-1-3-7-15)23-25-21-13-16-8-4-5-9-17(16)14-22(21)26-23/h1-14H. The van der Waals surface area contributed by atoms with E-state index in [1.807, 2.05) is 66.7 Å². The molecule has 0 atom stereocenters. The summed E-state index contributed by atoms with van der Waals surface area (Å²) in [6.07, 6.45) is 0. The summed E-state index contributed by atoms with van der Waals surface area (Å²) in [4.78, 5) is 4.69. The Kier molecular flexibility index (Phi) is 3.39. The van der Waals surface area contributed by atoms with E-state index in [1.165, 1.54) is 0 Å². The van der Waals surface area contributed by atoms with Gasteiger partial charge in [-0.15, -0.1) is 0 Å². The van der Waals surface area contributed by atoms with E-state index in [-0.39, 0.29) is 0 Å². The molecule has 0 spiro atoms. The van der Waals surface area contributed by atoms with Crippen molar-refractivity contribution in [2.45, 2.75) is 0 Å². The number of aromatic nitrogens is 1. The highest BCUT2D eigenvalue weighted by atomic mass is 16.3. The molecule has 2 nitrogen and oxygen atoms in total. The fourth-order valence-electron chi connectivity index (χ4n) is 3.29. The summed E-state index contributed by atoms with van der Waals surface area (Å²) in [5.41, 5.74) is 5.36. The maximum atomic E-state index is 6.19. The summed E-state index contributed by atoms with van der Waals surface area (Å²) < 4.78 is 6.04. The van der Waals surface area contributed by atoms with Gasteiger partial charge in [0.15, 0.2) is 5.58 Å². The normalized spacial score (nSPS) is 11.2. The number of oxazole rings is 1. The molecule has 0 aliphatic heterocycles. The molecule has 0 N–H and O–H groups in total. The SMILES string of the molecule is [B]c1ccc(-c2nc3cc4ccccc4cc3o2)cc1-c1ccccc1. The summed E-state index contributed by atoms with van der Waals surface area (Å²) >= 11 is 0. The number of nitrogens with zero attached hydrogens (tertiary/aromatic N) is 1. The first-order valence-electron chi connectivity index (χ1n) is 8.52. The van der Waals surface area contributed by atoms with Crippen LogP contribution in [0.15, 0.2) is 89.3 Å². The van der Waals surface area contributed by atoms with Crippen LogP contribution in [-0.2, 0) is 0 Å². The highest BCUT2D eigenvalue weighted by Crippen LogP contribution is 2.29. The van der Waals surface area contributed by atoms with Crippen molar-refractivity contribution in [1.29, 1.82) is 0 Å². The first-order chi connectivity index (χ1) is 12.8. The molecule has 4 aromatic carbocycles. The van der Waals surface area contributed by atoms with Gasteiger partial charge in [0.25, 0.3) is 0 Å². The third-order valence-corrected chi connectivity index (χ3v) is 4.64. The average Bonchev–Trinajstić information content (AvgIpc) is 3.10. The fraction of sp³-hybridized carbons (Fsp3) is 0. The Hall–Kier alpha value is -3.33. The molecular weight excluding hydrogens is 317 g/mol. The van der Waals surface area contributed by atoms with Gasteiger partial charge in [0, 0.05) is 5.56 Å². The second-order valence-corrected chi connectivity index (χ2v) is 6.35. The molecule has 120 valence electrons. The van der Waals surface area contributed by atoms with Crippen LogP contribution in [0.4, 0.5) is 0 Å². The van der Waals surface area contributed by atoms with E-state index in [0.717, 1.165) is 44.0 Å². The Bertz CT molecular complexity index is 1190. The molecule has 0 unspecified atom stereocenters. The van der Waals surface area contributed by atoms with Gasteiger partial charge < -0.3 is 4.42 Å². The van der Waals surface area contributed by atoms with E-state index in [9.17, 15) is 0 Å². The zero-order valence-corrected chi connectivity index (χ0v) is 14.0. The van der Waals surface area contributed by atoms with E-state index in [1.54, 1.807) is 0 Å². The van der Waals surface area contributed by atoms with Gasteiger partial charge in [0.05, 0.1) is 0 Å². The zero-order valence-electron chi connectivity index (χ0n) is 14.0. The molecule has 0 saturated carbocycles. The fourth-order valence-corrected chi connectivity index (χ4v) is 3.29. The Labute approximate surface area is 152 Å². The first kappa shape index (κ1) is 15.0. The molecule has 1 aromatic heterocycles. The lowest BCUT2D eigenvalue weighted by Gasteiger charge is -2.08. The summed E-state index contributed by atoms with van der Waals surface area (Å²) in [5, 5.41) is 2.30. The molecule has 2 radical (unpaired) electrons. The summed E-state index contributed by atoms with van der Waals surface area (Å²) in [7, 11) is 6.19. The lowest BCUT2D eigenvalue weighted by Crippen LogP contribution is -2.06. The quantitative estimate of drug-likeness (QED) is 0.420. The lowest BCUT2D eigenvalue weighted by molar-refractivity contribution is 0.620. The van der Waals surface area contributed by atoms with Crippen LogP contribution in [0.1, 0.15) is 0 Å². The van der Waals surface area contributed by atoms with Crippen molar-refractivity contribution < 1.29 is 4.42 Å². The van der Waals surface area contributed by atoms with E-state index in [0.29, 0.717) is 5.89 Å². The van der Waals surface area contributed by atoms with E-state index in [2.05, 4.69) is 18.2 Å². The van der Waals surface area contributed by atoms with E-state index < -0.39 is 0 Å². The van der Waals surface area contributed by atoms with Crippen molar-refractivity contribution in [3.8, 4) is 22.6 Å². The highest BCUT2D eigenvalue weighted by Gasteiger charge is 2.11. The Balaban J connectivity index is 1.67. The van der Waals surface area contributed by atoms with Gasteiger partial charge in [0.1, 0.15) is 13.4 Å². The summed E-state index contributed by atoms with van der Waals surface area (Å²) in [6, 6.07) is 28.3. The van der Waals surface area contributed by atoms with Crippen molar-refractivity contribution in [3.05, 3.63) is 84.9 Å². The predicted octanol–water partition coefficient (Wildman–Crippen LogP) is 5.11. The molecule has 1 heterocycles. The maximum Gasteiger partial charge on any atom is 0.227 e. The second-order valence-electron chi connectivity index (χ2n) is 6.35. The lowest BCUT2D eigenvalue weighted by atomic mass is 9.86. The van der Waals surface area contributed by atoms with Crippen molar-refractivity contribution in [3.63, 3.8) is 0 Å². The summed E-state index contributed by atoms with van der Waals surface area (Å²) in [5.74, 6) is 0.604. The van der Waals surface area contributed by atoms with E-state index in [4.69, 9.17) is 17.2 Å². The molecule has 5 aromatic rings. The van der Waals surface area contributed by atoms with Gasteiger partial charge in [-0.05, 0) is 40.1 Å². The maximum absolute atomic E-state index is 6.19. The molecule has 0 amide bonds. The van der Waals surface area contributed by atoms with Crippen LogP contribution < -0.4 is 5.46 Å². The van der Waals surface area contributed by atoms with Crippen LogP contribution in [0.2, 0.25) is 0 Å². The average molecular weight is 331 g/mol. The zero-order chi connectivity index (χ0) is 17.5. The number of hydrogen-bond acceptors (Lipinski definition) is 2. The van der Waals surface area contributed by atoms with Crippen LogP contribution in [-0.4, -0.2) is 12.8 Å². The van der Waals surface area contributed by atoms with Crippen molar-refractivity contribution in [1.82, 2.24) is 4.98 Å². The minimum atomic E-state index is 0.604. The Morgan fingerprint density at radius 2 is 1.42 bits per heavy atom. The van der Waals surface area contributed by atoms with Gasteiger partial charge in [-0.3, -0.25) is 0 Å². The Morgan fingerprint density at radius 1 is 0.692 bits per heavy atom. The molecule has 3 heteroatoms. The van der Waals surface area contributed by atoms with Crippen molar-refractivity contribution >= 4 is 35.2 Å². The van der Waals surface area contributed by atoms with Crippen LogP contribution in [0.3, 0.4) is 0 Å². The largest absolute Gasteiger partial charge is 0.436 e. The first-order valence-corrected chi connectivity index (χ1v) is 8.52. The smallest absolute Gasteiger partial charge is 0.227 e. The summed E-state index contributed by atoms with van der Waals surface area (Å²) in [6.45, 7) is 0. The van der Waals surface area contributed by atoms with Gasteiger partial charge in [0.2, 0.25) is 5.89 Å². The van der Waals surface area contributed by atoms with Crippen molar-refractivity contribution in [2.24, 2.45) is 0 Å². The monoisotopic (exact) mass is 331 g/mol. The van der Waals surface area contributed by atoms with Crippen molar-refractivity contribution in [2.75, 3.05) is 0 Å². The van der Waals surface area contributed by atoms with Crippen LogP contribution >= 0.6 is 0 Å². The minimum absolute atomic E-state index is 0.604. The number of fused-ring (bicyclic) bond motifs is 2.